The Morgan fingerprint density at radius 3 is 3.08 bits per heavy atom. The molecule has 0 saturated carbocycles. The first-order chi connectivity index (χ1) is 11.5. The van der Waals surface area contributed by atoms with Crippen LogP contribution in [0.25, 0.3) is 0 Å². The first-order valence-electron chi connectivity index (χ1n) is 6.59. The molecule has 1 unspecified atom stereocenters. The fraction of sp³-hybridized carbons (Fsp3) is 0.214. The van der Waals surface area contributed by atoms with E-state index in [0.29, 0.717) is 11.3 Å². The molecule has 2 rings (SSSR count). The van der Waals surface area contributed by atoms with Crippen LogP contribution in [0.2, 0.25) is 0 Å². The van der Waals surface area contributed by atoms with Crippen LogP contribution in [0, 0.1) is 11.3 Å². The molecule has 1 saturated heterocycles. The molecular formula is C14H11BrN4O4S. The average molecular weight is 411 g/mol. The molecule has 1 fully saturated rings. The number of amides is 1. The maximum absolute atomic E-state index is 11.6. The summed E-state index contributed by atoms with van der Waals surface area (Å²) in [5, 5.41) is 27.0. The number of nitrogens with one attached hydrogen (secondary N) is 1. The topological polar surface area (TPSA) is 124 Å². The first-order valence-corrected chi connectivity index (χ1v) is 8.26. The normalized spacial score (nSPS) is 18.6. The summed E-state index contributed by atoms with van der Waals surface area (Å²) in [7, 11) is 0. The van der Waals surface area contributed by atoms with Crippen LogP contribution in [-0.4, -0.2) is 40.2 Å². The summed E-state index contributed by atoms with van der Waals surface area (Å²) < 4.78 is 6.08. The summed E-state index contributed by atoms with van der Waals surface area (Å²) in [6, 6.07) is 7.07. The second kappa shape index (κ2) is 8.47. The number of halogens is 1. The predicted octanol–water partition coefficient (Wildman–Crippen LogP) is 1.75. The van der Waals surface area contributed by atoms with Gasteiger partial charge < -0.3 is 15.2 Å². The van der Waals surface area contributed by atoms with Gasteiger partial charge in [0, 0.05) is 10.0 Å². The molecule has 0 radical (unpaired) electrons. The van der Waals surface area contributed by atoms with E-state index in [4.69, 9.17) is 15.1 Å². The Morgan fingerprint density at radius 2 is 2.38 bits per heavy atom. The molecular weight excluding hydrogens is 400 g/mol. The second-order valence-electron chi connectivity index (χ2n) is 4.47. The molecule has 124 valence electrons. The fourth-order valence-electron chi connectivity index (χ4n) is 1.75. The van der Waals surface area contributed by atoms with Crippen LogP contribution in [0.4, 0.5) is 0 Å². The summed E-state index contributed by atoms with van der Waals surface area (Å²) in [6.45, 7) is -0.0975. The first kappa shape index (κ1) is 18.0. The zero-order chi connectivity index (χ0) is 17.5. The van der Waals surface area contributed by atoms with Crippen molar-refractivity contribution >= 4 is 51.0 Å². The Morgan fingerprint density at radius 1 is 1.58 bits per heavy atom. The summed E-state index contributed by atoms with van der Waals surface area (Å²) in [5.74, 6) is -0.992. The molecule has 0 spiro atoms. The number of nitriles is 1. The van der Waals surface area contributed by atoms with Gasteiger partial charge in [-0.25, -0.2) is 0 Å². The molecule has 2 N–H and O–H groups in total. The van der Waals surface area contributed by atoms with Crippen LogP contribution in [0.3, 0.4) is 0 Å². The molecule has 1 aliphatic rings. The average Bonchev–Trinajstić information content (AvgIpc) is 2.86. The van der Waals surface area contributed by atoms with Gasteiger partial charge in [0.25, 0.3) is 0 Å². The minimum Gasteiger partial charge on any atom is -0.481 e. The molecule has 0 bridgehead atoms. The number of hydrogen-bond acceptors (Lipinski definition) is 7. The number of ether oxygens (including phenoxy) is 1. The standard InChI is InChI=1S/C14H11BrN4O4S/c15-9-1-2-10(23-4-3-16)8(5-9)7-17-19-14-18-13(22)11(24-14)6-12(20)21/h1-2,5,7,11H,4,6H2,(H,20,21)(H,18,19,22). The number of hydrogen-bond donors (Lipinski definition) is 2. The zero-order valence-corrected chi connectivity index (χ0v) is 14.5. The molecule has 1 heterocycles. The van der Waals surface area contributed by atoms with E-state index in [1.54, 1.807) is 18.2 Å². The van der Waals surface area contributed by atoms with Crippen molar-refractivity contribution in [2.24, 2.45) is 10.2 Å². The lowest BCUT2D eigenvalue weighted by Gasteiger charge is -2.05. The van der Waals surface area contributed by atoms with E-state index in [1.165, 1.54) is 6.21 Å². The monoisotopic (exact) mass is 410 g/mol. The number of rotatable bonds is 6. The summed E-state index contributed by atoms with van der Waals surface area (Å²) in [4.78, 5) is 22.2. The number of carbonyl (C=O) groups is 2. The van der Waals surface area contributed by atoms with Gasteiger partial charge in [0.15, 0.2) is 11.8 Å². The van der Waals surface area contributed by atoms with Gasteiger partial charge >= 0.3 is 5.97 Å². The quantitative estimate of drug-likeness (QED) is 0.543. The summed E-state index contributed by atoms with van der Waals surface area (Å²) in [5.41, 5.74) is 0.598. The van der Waals surface area contributed by atoms with Crippen molar-refractivity contribution < 1.29 is 19.4 Å². The number of benzene rings is 1. The fourth-order valence-corrected chi connectivity index (χ4v) is 3.04. The Labute approximate surface area is 149 Å². The number of aliphatic carboxylic acids is 1. The molecule has 24 heavy (non-hydrogen) atoms. The van der Waals surface area contributed by atoms with E-state index in [1.807, 2.05) is 6.07 Å². The number of amidine groups is 1. The van der Waals surface area contributed by atoms with Crippen LogP contribution < -0.4 is 10.1 Å². The van der Waals surface area contributed by atoms with Gasteiger partial charge in [-0.2, -0.15) is 10.4 Å². The molecule has 0 aromatic heterocycles. The van der Waals surface area contributed by atoms with Crippen LogP contribution in [0.1, 0.15) is 12.0 Å². The smallest absolute Gasteiger partial charge is 0.305 e. The SMILES string of the molecule is N#CCOc1ccc(Br)cc1C=NN=C1NC(=O)C(CC(=O)O)S1. The van der Waals surface area contributed by atoms with Crippen LogP contribution >= 0.6 is 27.7 Å². The van der Waals surface area contributed by atoms with E-state index in [2.05, 4.69) is 31.4 Å². The maximum Gasteiger partial charge on any atom is 0.305 e. The molecule has 1 amide bonds. The van der Waals surface area contributed by atoms with Gasteiger partial charge in [0.2, 0.25) is 5.91 Å². The number of carboxylic acids is 1. The highest BCUT2D eigenvalue weighted by Gasteiger charge is 2.32. The van der Waals surface area contributed by atoms with Crippen molar-refractivity contribution in [1.29, 1.82) is 5.26 Å². The molecule has 10 heteroatoms. The highest BCUT2D eigenvalue weighted by atomic mass is 79.9. The van der Waals surface area contributed by atoms with Crippen molar-refractivity contribution in [1.82, 2.24) is 5.32 Å². The van der Waals surface area contributed by atoms with Crippen molar-refractivity contribution in [3.05, 3.63) is 28.2 Å². The van der Waals surface area contributed by atoms with E-state index in [-0.39, 0.29) is 18.2 Å². The van der Waals surface area contributed by atoms with Crippen LogP contribution in [0.15, 0.2) is 32.9 Å². The molecule has 1 aromatic carbocycles. The Bertz CT molecular complexity index is 760. The van der Waals surface area contributed by atoms with Crippen molar-refractivity contribution in [3.63, 3.8) is 0 Å². The molecule has 1 atom stereocenters. The van der Waals surface area contributed by atoms with Gasteiger partial charge in [-0.3, -0.25) is 9.59 Å². The van der Waals surface area contributed by atoms with Crippen molar-refractivity contribution in [3.8, 4) is 11.8 Å². The third-order valence-electron chi connectivity index (χ3n) is 2.75. The van der Waals surface area contributed by atoms with Crippen LogP contribution in [-0.2, 0) is 9.59 Å². The lowest BCUT2D eigenvalue weighted by Crippen LogP contribution is -2.26. The van der Waals surface area contributed by atoms with Gasteiger partial charge in [-0.1, -0.05) is 27.7 Å². The van der Waals surface area contributed by atoms with Gasteiger partial charge in [-0.05, 0) is 18.2 Å². The zero-order valence-electron chi connectivity index (χ0n) is 12.1. The highest BCUT2D eigenvalue weighted by Crippen LogP contribution is 2.23. The second-order valence-corrected chi connectivity index (χ2v) is 6.58. The third kappa shape index (κ3) is 5.07. The molecule has 0 aliphatic carbocycles. The summed E-state index contributed by atoms with van der Waals surface area (Å²) in [6.07, 6.45) is 1.14. The van der Waals surface area contributed by atoms with Crippen LogP contribution in [0.5, 0.6) is 5.75 Å². The van der Waals surface area contributed by atoms with E-state index >= 15 is 0 Å². The minimum atomic E-state index is -1.05. The maximum atomic E-state index is 11.6. The Kier molecular flexibility index (Phi) is 6.34. The van der Waals surface area contributed by atoms with Crippen molar-refractivity contribution in [2.75, 3.05) is 6.61 Å². The largest absolute Gasteiger partial charge is 0.481 e. The molecule has 8 nitrogen and oxygen atoms in total. The van der Waals surface area contributed by atoms with Gasteiger partial charge in [0.05, 0.1) is 12.6 Å². The number of nitrogens with zero attached hydrogens (tertiary/aromatic N) is 3. The number of thioether (sulfide) groups is 1. The highest BCUT2D eigenvalue weighted by molar-refractivity contribution is 9.10. The third-order valence-corrected chi connectivity index (χ3v) is 4.31. The minimum absolute atomic E-state index is 0.0975. The van der Waals surface area contributed by atoms with E-state index in [9.17, 15) is 9.59 Å². The number of carboxylic acid groups (broad SMARTS) is 1. The van der Waals surface area contributed by atoms with Crippen molar-refractivity contribution in [2.45, 2.75) is 11.7 Å². The lowest BCUT2D eigenvalue weighted by atomic mass is 10.2. The molecule has 1 aliphatic heterocycles. The predicted molar refractivity (Wildman–Crippen MR) is 92.1 cm³/mol. The number of carbonyl (C=O) groups excluding carboxylic acids is 1. The Balaban J connectivity index is 2.09. The van der Waals surface area contributed by atoms with Gasteiger partial charge in [0.1, 0.15) is 17.1 Å². The Hall–Kier alpha value is -2.38. The van der Waals surface area contributed by atoms with E-state index < -0.39 is 17.1 Å². The lowest BCUT2D eigenvalue weighted by molar-refractivity contribution is -0.138. The van der Waals surface area contributed by atoms with E-state index in [0.717, 1.165) is 16.2 Å². The van der Waals surface area contributed by atoms with Gasteiger partial charge in [-0.15, -0.1) is 5.10 Å². The summed E-state index contributed by atoms with van der Waals surface area (Å²) >= 11 is 4.34. The molecule has 1 aromatic rings.